The maximum absolute atomic E-state index is 10.5. The van der Waals surface area contributed by atoms with Crippen molar-refractivity contribution in [3.8, 4) is 0 Å². The Labute approximate surface area is 63.5 Å². The Bertz CT molecular complexity index is 303. The molecule has 11 heavy (non-hydrogen) atoms. The molecule has 1 aromatic rings. The number of aromatic nitrogens is 2. The maximum Gasteiger partial charge on any atom is 0.356 e. The summed E-state index contributed by atoms with van der Waals surface area (Å²) in [4.78, 5) is 14.3. The fourth-order valence-corrected chi connectivity index (χ4v) is 0.889. The Kier molecular flexibility index (Phi) is 1.56. The van der Waals surface area contributed by atoms with Crippen LogP contribution in [-0.4, -0.2) is 20.6 Å². The fraction of sp³-hybridized carbons (Fsp3) is 0.333. The second-order valence-corrected chi connectivity index (χ2v) is 2.26. The van der Waals surface area contributed by atoms with Crippen LogP contribution in [0.2, 0.25) is 0 Å². The van der Waals surface area contributed by atoms with Gasteiger partial charge in [-0.2, -0.15) is 0 Å². The van der Waals surface area contributed by atoms with E-state index in [4.69, 9.17) is 10.8 Å². The third-order valence-corrected chi connectivity index (χ3v) is 1.55. The summed E-state index contributed by atoms with van der Waals surface area (Å²) in [5.74, 6) is -0.386. The SMILES string of the molecule is Cc1nc(N)c(C(=O)O)n1C. The number of carboxylic acid groups (broad SMARTS) is 1. The van der Waals surface area contributed by atoms with E-state index in [1.807, 2.05) is 0 Å². The van der Waals surface area contributed by atoms with Crippen molar-refractivity contribution in [1.29, 1.82) is 0 Å². The van der Waals surface area contributed by atoms with E-state index in [2.05, 4.69) is 4.98 Å². The van der Waals surface area contributed by atoms with Crippen LogP contribution >= 0.6 is 0 Å². The molecular formula is C6H9N3O2. The Morgan fingerprint density at radius 2 is 2.27 bits per heavy atom. The van der Waals surface area contributed by atoms with Crippen LogP contribution in [0.1, 0.15) is 16.3 Å². The lowest BCUT2D eigenvalue weighted by molar-refractivity contribution is 0.0687. The molecule has 5 nitrogen and oxygen atoms in total. The Morgan fingerprint density at radius 1 is 1.73 bits per heavy atom. The minimum atomic E-state index is -1.05. The van der Waals surface area contributed by atoms with E-state index in [-0.39, 0.29) is 11.5 Å². The monoisotopic (exact) mass is 155 g/mol. The van der Waals surface area contributed by atoms with Gasteiger partial charge in [-0.3, -0.25) is 0 Å². The average molecular weight is 155 g/mol. The molecule has 1 heterocycles. The summed E-state index contributed by atoms with van der Waals surface area (Å²) in [6.07, 6.45) is 0. The number of carboxylic acids is 1. The van der Waals surface area contributed by atoms with E-state index >= 15 is 0 Å². The van der Waals surface area contributed by atoms with Gasteiger partial charge in [-0.25, -0.2) is 9.78 Å². The first-order valence-corrected chi connectivity index (χ1v) is 3.06. The van der Waals surface area contributed by atoms with Crippen molar-refractivity contribution in [2.75, 3.05) is 5.73 Å². The van der Waals surface area contributed by atoms with Crippen molar-refractivity contribution in [1.82, 2.24) is 9.55 Å². The predicted octanol–water partition coefficient (Wildman–Crippen LogP) is 0.00892. The quantitative estimate of drug-likeness (QED) is 0.598. The van der Waals surface area contributed by atoms with Crippen LogP contribution in [0.15, 0.2) is 0 Å². The van der Waals surface area contributed by atoms with Crippen LogP contribution in [-0.2, 0) is 7.05 Å². The largest absolute Gasteiger partial charge is 0.476 e. The van der Waals surface area contributed by atoms with Crippen molar-refractivity contribution in [2.45, 2.75) is 6.92 Å². The molecule has 0 aliphatic heterocycles. The first-order chi connectivity index (χ1) is 5.04. The topological polar surface area (TPSA) is 81.1 Å². The van der Waals surface area contributed by atoms with E-state index in [1.165, 1.54) is 4.57 Å². The molecular weight excluding hydrogens is 146 g/mol. The number of anilines is 1. The van der Waals surface area contributed by atoms with Gasteiger partial charge in [-0.1, -0.05) is 0 Å². The Morgan fingerprint density at radius 3 is 2.45 bits per heavy atom. The molecule has 60 valence electrons. The first kappa shape index (κ1) is 7.59. The number of imidazole rings is 1. The highest BCUT2D eigenvalue weighted by molar-refractivity contribution is 5.90. The molecule has 3 N–H and O–H groups in total. The molecule has 0 amide bonds. The molecule has 0 fully saturated rings. The molecule has 0 spiro atoms. The van der Waals surface area contributed by atoms with Gasteiger partial charge < -0.3 is 15.4 Å². The third kappa shape index (κ3) is 1.04. The lowest BCUT2D eigenvalue weighted by Gasteiger charge is -1.96. The summed E-state index contributed by atoms with van der Waals surface area (Å²) in [6.45, 7) is 1.70. The molecule has 0 atom stereocenters. The lowest BCUT2D eigenvalue weighted by Crippen LogP contribution is -2.07. The smallest absolute Gasteiger partial charge is 0.356 e. The van der Waals surface area contributed by atoms with E-state index in [0.717, 1.165) is 0 Å². The Balaban J connectivity index is 3.34. The summed E-state index contributed by atoms with van der Waals surface area (Å²) in [5.41, 5.74) is 5.37. The van der Waals surface area contributed by atoms with Gasteiger partial charge in [0.05, 0.1) is 0 Å². The average Bonchev–Trinajstić information content (AvgIpc) is 2.07. The van der Waals surface area contributed by atoms with E-state index < -0.39 is 5.97 Å². The number of nitrogen functional groups attached to an aromatic ring is 1. The van der Waals surface area contributed by atoms with Gasteiger partial charge in [0.1, 0.15) is 5.82 Å². The molecule has 0 radical (unpaired) electrons. The zero-order valence-corrected chi connectivity index (χ0v) is 6.33. The molecule has 0 bridgehead atoms. The Hall–Kier alpha value is -1.52. The van der Waals surface area contributed by atoms with Gasteiger partial charge in [0, 0.05) is 7.05 Å². The zero-order valence-electron chi connectivity index (χ0n) is 6.33. The lowest BCUT2D eigenvalue weighted by atomic mass is 10.4. The summed E-state index contributed by atoms with van der Waals surface area (Å²) >= 11 is 0. The van der Waals surface area contributed by atoms with Gasteiger partial charge in [0.15, 0.2) is 11.5 Å². The third-order valence-electron chi connectivity index (χ3n) is 1.55. The summed E-state index contributed by atoms with van der Waals surface area (Å²) < 4.78 is 1.44. The van der Waals surface area contributed by atoms with Gasteiger partial charge >= 0.3 is 5.97 Å². The molecule has 1 aromatic heterocycles. The number of aromatic carboxylic acids is 1. The van der Waals surface area contributed by atoms with Crippen LogP contribution < -0.4 is 5.73 Å². The molecule has 0 aliphatic carbocycles. The molecule has 5 heteroatoms. The van der Waals surface area contributed by atoms with Gasteiger partial charge in [-0.15, -0.1) is 0 Å². The van der Waals surface area contributed by atoms with Crippen molar-refractivity contribution in [2.24, 2.45) is 7.05 Å². The van der Waals surface area contributed by atoms with Crippen LogP contribution in [0, 0.1) is 6.92 Å². The molecule has 0 saturated heterocycles. The minimum Gasteiger partial charge on any atom is -0.476 e. The molecule has 0 unspecified atom stereocenters. The predicted molar refractivity (Wildman–Crippen MR) is 39.3 cm³/mol. The fourth-order valence-electron chi connectivity index (χ4n) is 0.889. The van der Waals surface area contributed by atoms with Crippen molar-refractivity contribution in [3.63, 3.8) is 0 Å². The second-order valence-electron chi connectivity index (χ2n) is 2.26. The summed E-state index contributed by atoms with van der Waals surface area (Å²) in [5, 5.41) is 8.62. The van der Waals surface area contributed by atoms with E-state index in [9.17, 15) is 4.79 Å². The highest BCUT2D eigenvalue weighted by atomic mass is 16.4. The van der Waals surface area contributed by atoms with Gasteiger partial charge in [0.2, 0.25) is 0 Å². The van der Waals surface area contributed by atoms with Crippen molar-refractivity contribution >= 4 is 11.8 Å². The van der Waals surface area contributed by atoms with E-state index in [1.54, 1.807) is 14.0 Å². The first-order valence-electron chi connectivity index (χ1n) is 3.06. The molecule has 0 aliphatic rings. The zero-order chi connectivity index (χ0) is 8.59. The highest BCUT2D eigenvalue weighted by Crippen LogP contribution is 2.10. The highest BCUT2D eigenvalue weighted by Gasteiger charge is 2.15. The molecule has 1 rings (SSSR count). The van der Waals surface area contributed by atoms with Crippen LogP contribution in [0.5, 0.6) is 0 Å². The number of carbonyl (C=O) groups is 1. The van der Waals surface area contributed by atoms with Crippen molar-refractivity contribution < 1.29 is 9.90 Å². The maximum atomic E-state index is 10.5. The van der Waals surface area contributed by atoms with Gasteiger partial charge in [-0.05, 0) is 6.92 Å². The number of nitrogens with zero attached hydrogens (tertiary/aromatic N) is 2. The molecule has 0 saturated carbocycles. The summed E-state index contributed by atoms with van der Waals surface area (Å²) in [6, 6.07) is 0. The van der Waals surface area contributed by atoms with Crippen molar-refractivity contribution in [3.05, 3.63) is 11.5 Å². The number of aryl methyl sites for hydroxylation is 1. The minimum absolute atomic E-state index is 0.0440. The standard InChI is InChI=1S/C6H9N3O2/c1-3-8-5(7)4(6(10)11)9(3)2/h7H2,1-2H3,(H,10,11). The summed E-state index contributed by atoms with van der Waals surface area (Å²) in [7, 11) is 1.61. The normalized spacial score (nSPS) is 10.0. The van der Waals surface area contributed by atoms with Gasteiger partial charge in [0.25, 0.3) is 0 Å². The number of hydrogen-bond acceptors (Lipinski definition) is 3. The molecule has 0 aromatic carbocycles. The number of rotatable bonds is 1. The number of hydrogen-bond donors (Lipinski definition) is 2. The van der Waals surface area contributed by atoms with E-state index in [0.29, 0.717) is 5.82 Å². The second kappa shape index (κ2) is 2.26. The van der Waals surface area contributed by atoms with Crippen LogP contribution in [0.3, 0.4) is 0 Å². The number of nitrogens with two attached hydrogens (primary N) is 1. The van der Waals surface area contributed by atoms with Crippen LogP contribution in [0.4, 0.5) is 5.82 Å². The van der Waals surface area contributed by atoms with Crippen LogP contribution in [0.25, 0.3) is 0 Å².